The average molecular weight is 230 g/mol. The maximum absolute atomic E-state index is 11.5. The lowest BCUT2D eigenvalue weighted by atomic mass is 10.3. The summed E-state index contributed by atoms with van der Waals surface area (Å²) in [5, 5.41) is 17.0. The molecule has 0 atom stereocenters. The summed E-state index contributed by atoms with van der Waals surface area (Å²) in [6.07, 6.45) is 3.09. The van der Waals surface area contributed by atoms with Gasteiger partial charge in [-0.3, -0.25) is 4.79 Å². The largest absolute Gasteiger partial charge is 0.478 e. The lowest BCUT2D eigenvalue weighted by Crippen LogP contribution is -2.35. The first kappa shape index (κ1) is 14.6. The van der Waals surface area contributed by atoms with Crippen LogP contribution in [0, 0.1) is 0 Å². The minimum Gasteiger partial charge on any atom is -0.478 e. The fourth-order valence-electron chi connectivity index (χ4n) is 1.15. The van der Waals surface area contributed by atoms with Crippen molar-refractivity contribution in [3.05, 3.63) is 12.2 Å². The number of amides is 1. The van der Waals surface area contributed by atoms with Gasteiger partial charge in [0.25, 0.3) is 0 Å². The Hall–Kier alpha value is -1.40. The number of nitrogens with zero attached hydrogens (tertiary/aromatic N) is 1. The third kappa shape index (κ3) is 6.97. The summed E-state index contributed by atoms with van der Waals surface area (Å²) in [6.45, 7) is 1.26. The smallest absolute Gasteiger partial charge is 0.328 e. The van der Waals surface area contributed by atoms with Crippen LogP contribution in [0.3, 0.4) is 0 Å². The van der Waals surface area contributed by atoms with Gasteiger partial charge in [-0.25, -0.2) is 4.79 Å². The van der Waals surface area contributed by atoms with Gasteiger partial charge in [-0.05, 0) is 12.8 Å². The molecule has 4 N–H and O–H groups in total. The van der Waals surface area contributed by atoms with Gasteiger partial charge in [-0.2, -0.15) is 0 Å². The predicted octanol–water partition coefficient (Wildman–Crippen LogP) is -0.813. The number of carbonyl (C=O) groups excluding carboxylic acids is 1. The molecule has 0 aliphatic carbocycles. The first-order chi connectivity index (χ1) is 7.61. The van der Waals surface area contributed by atoms with Crippen molar-refractivity contribution in [1.82, 2.24) is 4.90 Å². The summed E-state index contributed by atoms with van der Waals surface area (Å²) in [7, 11) is 0. The van der Waals surface area contributed by atoms with Crippen molar-refractivity contribution in [3.63, 3.8) is 0 Å². The Labute approximate surface area is 94.3 Å². The van der Waals surface area contributed by atoms with E-state index in [0.717, 1.165) is 12.2 Å². The van der Waals surface area contributed by atoms with E-state index >= 15 is 0 Å². The summed E-state index contributed by atoms with van der Waals surface area (Å²) >= 11 is 0. The second-order valence-electron chi connectivity index (χ2n) is 3.22. The van der Waals surface area contributed by atoms with E-state index in [4.69, 9.17) is 15.9 Å². The quantitative estimate of drug-likeness (QED) is 0.373. The molecule has 0 aromatic heterocycles. The molecule has 0 radical (unpaired) electrons. The number of hydrogen-bond acceptors (Lipinski definition) is 4. The van der Waals surface area contributed by atoms with E-state index in [-0.39, 0.29) is 12.5 Å². The van der Waals surface area contributed by atoms with Gasteiger partial charge in [0.2, 0.25) is 5.91 Å². The molecule has 16 heavy (non-hydrogen) atoms. The zero-order valence-corrected chi connectivity index (χ0v) is 9.13. The molecule has 0 aliphatic heterocycles. The van der Waals surface area contributed by atoms with Gasteiger partial charge in [0.1, 0.15) is 0 Å². The average Bonchev–Trinajstić information content (AvgIpc) is 2.25. The van der Waals surface area contributed by atoms with Crippen LogP contribution in [0.1, 0.15) is 12.8 Å². The number of aliphatic carboxylic acids is 1. The highest BCUT2D eigenvalue weighted by atomic mass is 16.4. The minimum atomic E-state index is -1.16. The van der Waals surface area contributed by atoms with Crippen LogP contribution in [0.15, 0.2) is 12.2 Å². The van der Waals surface area contributed by atoms with Crippen LogP contribution in [0.2, 0.25) is 0 Å². The lowest BCUT2D eigenvalue weighted by Gasteiger charge is -2.19. The van der Waals surface area contributed by atoms with E-state index in [2.05, 4.69) is 0 Å². The number of carboxylic acids is 1. The van der Waals surface area contributed by atoms with E-state index in [1.54, 1.807) is 0 Å². The van der Waals surface area contributed by atoms with E-state index in [1.807, 2.05) is 0 Å². The maximum atomic E-state index is 11.5. The van der Waals surface area contributed by atoms with Gasteiger partial charge >= 0.3 is 5.97 Å². The van der Waals surface area contributed by atoms with Gasteiger partial charge in [-0.15, -0.1) is 0 Å². The summed E-state index contributed by atoms with van der Waals surface area (Å²) < 4.78 is 0. The Morgan fingerprint density at radius 2 is 1.88 bits per heavy atom. The second kappa shape index (κ2) is 8.87. The molecular formula is C10H18N2O4. The predicted molar refractivity (Wildman–Crippen MR) is 58.7 cm³/mol. The molecule has 6 heteroatoms. The number of aliphatic hydroxyl groups is 1. The molecule has 0 aromatic carbocycles. The molecule has 0 saturated carbocycles. The first-order valence-electron chi connectivity index (χ1n) is 5.12. The number of carboxylic acid groups (broad SMARTS) is 1. The van der Waals surface area contributed by atoms with E-state index in [1.165, 1.54) is 4.90 Å². The molecule has 0 rings (SSSR count). The molecule has 1 amide bonds. The van der Waals surface area contributed by atoms with Crippen molar-refractivity contribution in [2.45, 2.75) is 12.8 Å². The number of nitrogens with two attached hydrogens (primary N) is 1. The van der Waals surface area contributed by atoms with Crippen molar-refractivity contribution in [2.75, 3.05) is 26.2 Å². The Morgan fingerprint density at radius 3 is 2.38 bits per heavy atom. The van der Waals surface area contributed by atoms with Crippen molar-refractivity contribution in [2.24, 2.45) is 5.73 Å². The minimum absolute atomic E-state index is 0.0790. The number of rotatable bonds is 8. The van der Waals surface area contributed by atoms with Crippen LogP contribution >= 0.6 is 0 Å². The molecule has 0 spiro atoms. The third-order valence-electron chi connectivity index (χ3n) is 1.92. The van der Waals surface area contributed by atoms with Crippen molar-refractivity contribution in [3.8, 4) is 0 Å². The highest BCUT2D eigenvalue weighted by molar-refractivity contribution is 5.93. The summed E-state index contributed by atoms with van der Waals surface area (Å²) in [5.41, 5.74) is 5.34. The van der Waals surface area contributed by atoms with Crippen LogP contribution in [0.4, 0.5) is 0 Å². The fourth-order valence-corrected chi connectivity index (χ4v) is 1.15. The zero-order valence-electron chi connectivity index (χ0n) is 9.13. The zero-order chi connectivity index (χ0) is 12.4. The molecule has 0 unspecified atom stereocenters. The Morgan fingerprint density at radius 1 is 1.19 bits per heavy atom. The van der Waals surface area contributed by atoms with E-state index in [9.17, 15) is 9.59 Å². The lowest BCUT2D eigenvalue weighted by molar-refractivity contribution is -0.132. The van der Waals surface area contributed by atoms with Gasteiger partial charge < -0.3 is 20.8 Å². The SMILES string of the molecule is NCCN(CCCCO)C(=O)/C=C\C(=O)O. The second-order valence-corrected chi connectivity index (χ2v) is 3.22. The van der Waals surface area contributed by atoms with Crippen molar-refractivity contribution < 1.29 is 19.8 Å². The van der Waals surface area contributed by atoms with Crippen LogP contribution in [0.25, 0.3) is 0 Å². The maximum Gasteiger partial charge on any atom is 0.328 e. The van der Waals surface area contributed by atoms with Crippen LogP contribution in [0.5, 0.6) is 0 Å². The van der Waals surface area contributed by atoms with Gasteiger partial charge in [-0.1, -0.05) is 0 Å². The summed E-state index contributed by atoms with van der Waals surface area (Å²) in [5.74, 6) is -1.53. The molecule has 0 saturated heterocycles. The highest BCUT2D eigenvalue weighted by Crippen LogP contribution is 1.96. The molecule has 92 valence electrons. The van der Waals surface area contributed by atoms with Gasteiger partial charge in [0.15, 0.2) is 0 Å². The van der Waals surface area contributed by atoms with Gasteiger partial charge in [0.05, 0.1) is 0 Å². The fraction of sp³-hybridized carbons (Fsp3) is 0.600. The Bertz CT molecular complexity index is 253. The number of hydrogen-bond donors (Lipinski definition) is 3. The van der Waals surface area contributed by atoms with Crippen molar-refractivity contribution >= 4 is 11.9 Å². The number of unbranched alkanes of at least 4 members (excludes halogenated alkanes) is 1. The van der Waals surface area contributed by atoms with E-state index < -0.39 is 5.97 Å². The Kier molecular flexibility index (Phi) is 8.10. The molecule has 0 heterocycles. The van der Waals surface area contributed by atoms with Crippen molar-refractivity contribution in [1.29, 1.82) is 0 Å². The Balaban J connectivity index is 4.17. The van der Waals surface area contributed by atoms with Crippen LogP contribution in [-0.2, 0) is 9.59 Å². The summed E-state index contributed by atoms with van der Waals surface area (Å²) in [6, 6.07) is 0. The van der Waals surface area contributed by atoms with Gasteiger partial charge in [0, 0.05) is 38.4 Å². The molecule has 0 bridgehead atoms. The monoisotopic (exact) mass is 230 g/mol. The third-order valence-corrected chi connectivity index (χ3v) is 1.92. The van der Waals surface area contributed by atoms with Crippen LogP contribution in [-0.4, -0.2) is 53.2 Å². The molecule has 0 aromatic rings. The molecule has 6 nitrogen and oxygen atoms in total. The topological polar surface area (TPSA) is 104 Å². The standard InChI is InChI=1S/C10H18N2O4/c11-5-7-12(6-1-2-8-13)9(14)3-4-10(15)16/h3-4,13H,1-2,5-8,11H2,(H,15,16)/b4-3-. The van der Waals surface area contributed by atoms with Crippen LogP contribution < -0.4 is 5.73 Å². The normalized spacial score (nSPS) is 10.6. The number of carbonyl (C=O) groups is 2. The molecule has 0 fully saturated rings. The highest BCUT2D eigenvalue weighted by Gasteiger charge is 2.09. The summed E-state index contributed by atoms with van der Waals surface area (Å²) in [4.78, 5) is 23.2. The van der Waals surface area contributed by atoms with E-state index in [0.29, 0.717) is 32.5 Å². The number of aliphatic hydroxyl groups excluding tert-OH is 1. The first-order valence-corrected chi connectivity index (χ1v) is 5.12. The molecular weight excluding hydrogens is 212 g/mol. The molecule has 0 aliphatic rings.